The smallest absolute Gasteiger partial charge is 0.151 e. The Kier molecular flexibility index (Phi) is 2.67. The first-order valence-electron chi connectivity index (χ1n) is 4.50. The molecule has 2 rings (SSSR count). The summed E-state index contributed by atoms with van der Waals surface area (Å²) in [5.74, 6) is 0.506. The lowest BCUT2D eigenvalue weighted by molar-refractivity contribution is 0.187. The van der Waals surface area contributed by atoms with Crippen molar-refractivity contribution in [2.24, 2.45) is 7.05 Å². The van der Waals surface area contributed by atoms with Gasteiger partial charge >= 0.3 is 0 Å². The summed E-state index contributed by atoms with van der Waals surface area (Å²) in [6, 6.07) is 1.75. The summed E-state index contributed by atoms with van der Waals surface area (Å²) >= 11 is 3.31. The monoisotopic (exact) mass is 270 g/mol. The topological polar surface area (TPSA) is 51.2 Å². The van der Waals surface area contributed by atoms with E-state index in [1.54, 1.807) is 16.9 Å². The van der Waals surface area contributed by atoms with Crippen LogP contribution in [0.4, 0.5) is 0 Å². The number of furan rings is 1. The van der Waals surface area contributed by atoms with Gasteiger partial charge in [-0.15, -0.1) is 0 Å². The molecule has 0 bridgehead atoms. The Labute approximate surface area is 95.6 Å². The van der Waals surface area contributed by atoms with Crippen molar-refractivity contribution in [1.82, 2.24) is 9.78 Å². The average molecular weight is 271 g/mol. The molecule has 0 fully saturated rings. The second kappa shape index (κ2) is 3.83. The van der Waals surface area contributed by atoms with E-state index in [0.717, 1.165) is 15.7 Å². The van der Waals surface area contributed by atoms with Crippen molar-refractivity contribution in [3.05, 3.63) is 40.0 Å². The molecule has 80 valence electrons. The van der Waals surface area contributed by atoms with Crippen LogP contribution < -0.4 is 0 Å². The molecule has 1 N–H and O–H groups in total. The van der Waals surface area contributed by atoms with Gasteiger partial charge in [0.2, 0.25) is 0 Å². The van der Waals surface area contributed by atoms with Gasteiger partial charge in [-0.25, -0.2) is 0 Å². The number of hydrogen-bond donors (Lipinski definition) is 1. The standard InChI is InChI=1S/C10H11BrN2O2/c1-6-7(5-13(2)12-6)9(14)10-8(11)3-4-15-10/h3-5,9,14H,1-2H3. The molecular formula is C10H11BrN2O2. The van der Waals surface area contributed by atoms with Gasteiger partial charge in [-0.05, 0) is 28.9 Å². The quantitative estimate of drug-likeness (QED) is 0.910. The molecule has 0 aliphatic carbocycles. The van der Waals surface area contributed by atoms with Crippen LogP contribution in [0.2, 0.25) is 0 Å². The molecule has 2 aromatic rings. The lowest BCUT2D eigenvalue weighted by Gasteiger charge is -2.06. The van der Waals surface area contributed by atoms with Crippen LogP contribution in [-0.2, 0) is 7.05 Å². The zero-order valence-electron chi connectivity index (χ0n) is 8.44. The molecule has 0 radical (unpaired) electrons. The minimum Gasteiger partial charge on any atom is -0.465 e. The van der Waals surface area contributed by atoms with Crippen molar-refractivity contribution in [3.8, 4) is 0 Å². The van der Waals surface area contributed by atoms with Crippen LogP contribution in [0.15, 0.2) is 27.4 Å². The van der Waals surface area contributed by atoms with Gasteiger partial charge in [0.25, 0.3) is 0 Å². The van der Waals surface area contributed by atoms with Crippen molar-refractivity contribution in [1.29, 1.82) is 0 Å². The van der Waals surface area contributed by atoms with Crippen LogP contribution in [0.25, 0.3) is 0 Å². The first-order valence-corrected chi connectivity index (χ1v) is 5.30. The molecule has 1 unspecified atom stereocenters. The number of aryl methyl sites for hydroxylation is 2. The minimum atomic E-state index is -0.775. The summed E-state index contributed by atoms with van der Waals surface area (Å²) in [6.45, 7) is 1.86. The number of halogens is 1. The zero-order chi connectivity index (χ0) is 11.0. The van der Waals surface area contributed by atoms with Crippen LogP contribution >= 0.6 is 15.9 Å². The first kappa shape index (κ1) is 10.4. The van der Waals surface area contributed by atoms with E-state index in [-0.39, 0.29) is 0 Å². The summed E-state index contributed by atoms with van der Waals surface area (Å²) in [5.41, 5.74) is 1.56. The Bertz CT molecular complexity index is 475. The largest absolute Gasteiger partial charge is 0.465 e. The van der Waals surface area contributed by atoms with Crippen molar-refractivity contribution in [2.45, 2.75) is 13.0 Å². The summed E-state index contributed by atoms with van der Waals surface area (Å²) in [7, 11) is 1.82. The van der Waals surface area contributed by atoms with Gasteiger partial charge in [0.05, 0.1) is 16.4 Å². The Hall–Kier alpha value is -1.07. The molecule has 1 atom stereocenters. The van der Waals surface area contributed by atoms with Gasteiger partial charge in [0.15, 0.2) is 5.76 Å². The Morgan fingerprint density at radius 2 is 2.33 bits per heavy atom. The third-order valence-electron chi connectivity index (χ3n) is 2.24. The Balaban J connectivity index is 2.40. The SMILES string of the molecule is Cc1nn(C)cc1C(O)c1occc1Br. The molecule has 0 saturated heterocycles. The summed E-state index contributed by atoms with van der Waals surface area (Å²) in [5, 5.41) is 14.3. The molecular weight excluding hydrogens is 260 g/mol. The minimum absolute atomic E-state index is 0.506. The van der Waals surface area contributed by atoms with Crippen molar-refractivity contribution in [3.63, 3.8) is 0 Å². The molecule has 0 saturated carbocycles. The Morgan fingerprint density at radius 3 is 2.80 bits per heavy atom. The maximum Gasteiger partial charge on any atom is 0.151 e. The fraction of sp³-hybridized carbons (Fsp3) is 0.300. The van der Waals surface area contributed by atoms with E-state index in [1.165, 1.54) is 6.26 Å². The van der Waals surface area contributed by atoms with Crippen LogP contribution in [0.1, 0.15) is 23.1 Å². The maximum atomic E-state index is 10.1. The number of hydrogen-bond acceptors (Lipinski definition) is 3. The molecule has 0 amide bonds. The molecule has 0 spiro atoms. The lowest BCUT2D eigenvalue weighted by Crippen LogP contribution is -1.99. The van der Waals surface area contributed by atoms with Crippen LogP contribution in [0.5, 0.6) is 0 Å². The highest BCUT2D eigenvalue weighted by atomic mass is 79.9. The molecule has 0 aliphatic rings. The number of nitrogens with zero attached hydrogens (tertiary/aromatic N) is 2. The van der Waals surface area contributed by atoms with Crippen LogP contribution in [0, 0.1) is 6.92 Å². The summed E-state index contributed by atoms with van der Waals surface area (Å²) in [6.07, 6.45) is 2.55. The van der Waals surface area contributed by atoms with E-state index < -0.39 is 6.10 Å². The van der Waals surface area contributed by atoms with E-state index in [9.17, 15) is 5.11 Å². The predicted molar refractivity (Wildman–Crippen MR) is 58.4 cm³/mol. The van der Waals surface area contributed by atoms with Crippen LogP contribution in [-0.4, -0.2) is 14.9 Å². The number of aliphatic hydroxyl groups is 1. The van der Waals surface area contributed by atoms with Crippen molar-refractivity contribution in [2.75, 3.05) is 0 Å². The average Bonchev–Trinajstić information content (AvgIpc) is 2.71. The highest BCUT2D eigenvalue weighted by molar-refractivity contribution is 9.10. The summed E-state index contributed by atoms with van der Waals surface area (Å²) in [4.78, 5) is 0. The number of aliphatic hydroxyl groups excluding tert-OH is 1. The van der Waals surface area contributed by atoms with Gasteiger partial charge in [0, 0.05) is 18.8 Å². The number of rotatable bonds is 2. The van der Waals surface area contributed by atoms with Crippen LogP contribution in [0.3, 0.4) is 0 Å². The molecule has 2 heterocycles. The maximum absolute atomic E-state index is 10.1. The zero-order valence-corrected chi connectivity index (χ0v) is 10.0. The lowest BCUT2D eigenvalue weighted by atomic mass is 10.1. The Morgan fingerprint density at radius 1 is 1.60 bits per heavy atom. The third kappa shape index (κ3) is 1.85. The normalized spacial score (nSPS) is 13.1. The van der Waals surface area contributed by atoms with Gasteiger partial charge < -0.3 is 9.52 Å². The molecule has 4 nitrogen and oxygen atoms in total. The summed E-state index contributed by atoms with van der Waals surface area (Å²) < 4.78 is 7.64. The second-order valence-corrected chi connectivity index (χ2v) is 4.23. The highest BCUT2D eigenvalue weighted by Crippen LogP contribution is 2.30. The molecule has 0 aliphatic heterocycles. The first-order chi connectivity index (χ1) is 7.09. The number of aromatic nitrogens is 2. The van der Waals surface area contributed by atoms with E-state index >= 15 is 0 Å². The van der Waals surface area contributed by atoms with Gasteiger partial charge in [0.1, 0.15) is 6.10 Å². The van der Waals surface area contributed by atoms with Crippen molar-refractivity contribution < 1.29 is 9.52 Å². The van der Waals surface area contributed by atoms with E-state index in [4.69, 9.17) is 4.42 Å². The van der Waals surface area contributed by atoms with E-state index in [2.05, 4.69) is 21.0 Å². The van der Waals surface area contributed by atoms with E-state index in [0.29, 0.717) is 5.76 Å². The predicted octanol–water partition coefficient (Wildman–Crippen LogP) is 2.17. The molecule has 5 heteroatoms. The fourth-order valence-corrected chi connectivity index (χ4v) is 1.95. The molecule has 0 aromatic carbocycles. The molecule has 15 heavy (non-hydrogen) atoms. The van der Waals surface area contributed by atoms with Crippen molar-refractivity contribution >= 4 is 15.9 Å². The highest BCUT2D eigenvalue weighted by Gasteiger charge is 2.20. The molecule has 2 aromatic heterocycles. The van der Waals surface area contributed by atoms with Gasteiger partial charge in [-0.2, -0.15) is 5.10 Å². The second-order valence-electron chi connectivity index (χ2n) is 3.38. The van der Waals surface area contributed by atoms with E-state index in [1.807, 2.05) is 14.0 Å². The third-order valence-corrected chi connectivity index (χ3v) is 2.89. The van der Waals surface area contributed by atoms with Gasteiger partial charge in [-0.3, -0.25) is 4.68 Å². The van der Waals surface area contributed by atoms with Gasteiger partial charge in [-0.1, -0.05) is 0 Å². The fourth-order valence-electron chi connectivity index (χ4n) is 1.53.